The number of hydrogen-bond acceptors (Lipinski definition) is 3. The molecule has 1 aromatic carbocycles. The van der Waals surface area contributed by atoms with Crippen molar-refractivity contribution >= 4 is 17.5 Å². The molecule has 1 saturated heterocycles. The van der Waals surface area contributed by atoms with E-state index in [1.165, 1.54) is 0 Å². The van der Waals surface area contributed by atoms with Gasteiger partial charge in [0.25, 0.3) is 0 Å². The highest BCUT2D eigenvalue weighted by atomic mass is 35.5. The molecule has 1 unspecified atom stereocenters. The van der Waals surface area contributed by atoms with Gasteiger partial charge in [-0.05, 0) is 24.5 Å². The largest absolute Gasteiger partial charge is 0.387 e. The van der Waals surface area contributed by atoms with Crippen molar-refractivity contribution in [3.8, 4) is 0 Å². The Morgan fingerprint density at radius 1 is 1.38 bits per heavy atom. The first-order valence-corrected chi connectivity index (χ1v) is 7.68. The highest BCUT2D eigenvalue weighted by molar-refractivity contribution is 6.31. The van der Waals surface area contributed by atoms with Gasteiger partial charge in [-0.3, -0.25) is 9.69 Å². The molecule has 1 fully saturated rings. The van der Waals surface area contributed by atoms with Gasteiger partial charge in [-0.15, -0.1) is 0 Å². The molecule has 0 aliphatic carbocycles. The summed E-state index contributed by atoms with van der Waals surface area (Å²) in [5.74, 6) is 0.159. The molecule has 1 amide bonds. The zero-order valence-corrected chi connectivity index (χ0v) is 13.5. The first-order valence-electron chi connectivity index (χ1n) is 7.30. The van der Waals surface area contributed by atoms with E-state index < -0.39 is 5.60 Å². The number of likely N-dealkylation sites (tertiary alicyclic amines) is 1. The second-order valence-corrected chi connectivity index (χ2v) is 6.62. The third-order valence-corrected chi connectivity index (χ3v) is 4.53. The molecule has 21 heavy (non-hydrogen) atoms. The van der Waals surface area contributed by atoms with E-state index in [4.69, 9.17) is 11.6 Å². The van der Waals surface area contributed by atoms with E-state index >= 15 is 0 Å². The van der Waals surface area contributed by atoms with Gasteiger partial charge in [0.05, 0.1) is 18.2 Å². The summed E-state index contributed by atoms with van der Waals surface area (Å²) in [6.45, 7) is 7.33. The lowest BCUT2D eigenvalue weighted by molar-refractivity contribution is -0.142. The third-order valence-electron chi connectivity index (χ3n) is 4.19. The van der Waals surface area contributed by atoms with E-state index in [0.717, 1.165) is 5.56 Å². The van der Waals surface area contributed by atoms with Gasteiger partial charge in [-0.25, -0.2) is 0 Å². The van der Waals surface area contributed by atoms with Crippen molar-refractivity contribution in [1.82, 2.24) is 10.2 Å². The van der Waals surface area contributed by atoms with Crippen LogP contribution >= 0.6 is 11.6 Å². The summed E-state index contributed by atoms with van der Waals surface area (Å²) in [7, 11) is 0. The molecule has 0 aromatic heterocycles. The van der Waals surface area contributed by atoms with Gasteiger partial charge in [0.15, 0.2) is 0 Å². The molecule has 0 bridgehead atoms. The Morgan fingerprint density at radius 2 is 2.00 bits per heavy atom. The van der Waals surface area contributed by atoms with Crippen LogP contribution < -0.4 is 5.32 Å². The molecule has 1 heterocycles. The van der Waals surface area contributed by atoms with Crippen LogP contribution in [0.1, 0.15) is 32.4 Å². The maximum Gasteiger partial charge on any atom is 0.234 e. The first-order chi connectivity index (χ1) is 9.82. The van der Waals surface area contributed by atoms with E-state index in [0.29, 0.717) is 24.7 Å². The van der Waals surface area contributed by atoms with Crippen LogP contribution in [-0.4, -0.2) is 41.1 Å². The lowest BCUT2D eigenvalue weighted by Crippen LogP contribution is -2.65. The van der Waals surface area contributed by atoms with Gasteiger partial charge >= 0.3 is 0 Å². The number of β-amino-alcohol motifs (C(OH)–C–C–N with tert-alkyl or cyclic N) is 1. The average Bonchev–Trinajstić information content (AvgIpc) is 2.36. The van der Waals surface area contributed by atoms with E-state index in [1.54, 1.807) is 0 Å². The summed E-state index contributed by atoms with van der Waals surface area (Å²) in [5, 5.41) is 13.8. The average molecular weight is 311 g/mol. The molecule has 1 atom stereocenters. The fourth-order valence-corrected chi connectivity index (χ4v) is 2.90. The van der Waals surface area contributed by atoms with Crippen LogP contribution in [0.4, 0.5) is 0 Å². The Balaban J connectivity index is 1.82. The molecule has 2 N–H and O–H groups in total. The van der Waals surface area contributed by atoms with Gasteiger partial charge in [-0.2, -0.15) is 0 Å². The molecular formula is C16H23ClN2O2. The standard InChI is InChI=1S/C16H23ClN2O2/c1-11(2)16(21)9-19(10-16)8-15(20)18-12(3)13-6-4-5-7-14(13)17/h4-7,11-12,21H,8-10H2,1-3H3,(H,18,20). The topological polar surface area (TPSA) is 52.6 Å². The summed E-state index contributed by atoms with van der Waals surface area (Å²) >= 11 is 6.12. The van der Waals surface area contributed by atoms with Crippen molar-refractivity contribution in [3.05, 3.63) is 34.9 Å². The number of aliphatic hydroxyl groups is 1. The lowest BCUT2D eigenvalue weighted by atomic mass is 9.83. The molecule has 1 aromatic rings. The van der Waals surface area contributed by atoms with E-state index in [-0.39, 0.29) is 17.9 Å². The Morgan fingerprint density at radius 3 is 2.57 bits per heavy atom. The number of nitrogens with zero attached hydrogens (tertiary/aromatic N) is 1. The van der Waals surface area contributed by atoms with Crippen molar-refractivity contribution in [1.29, 1.82) is 0 Å². The van der Waals surface area contributed by atoms with Gasteiger partial charge < -0.3 is 10.4 Å². The summed E-state index contributed by atoms with van der Waals surface area (Å²) in [4.78, 5) is 14.0. The quantitative estimate of drug-likeness (QED) is 0.877. The molecule has 1 aliphatic rings. The maximum atomic E-state index is 12.0. The fraction of sp³-hybridized carbons (Fsp3) is 0.562. The Labute approximate surface area is 131 Å². The SMILES string of the molecule is CC(NC(=O)CN1CC(O)(C(C)C)C1)c1ccccc1Cl. The molecule has 5 heteroatoms. The zero-order valence-electron chi connectivity index (χ0n) is 12.8. The molecule has 0 spiro atoms. The van der Waals surface area contributed by atoms with Crippen molar-refractivity contribution in [2.24, 2.45) is 5.92 Å². The van der Waals surface area contributed by atoms with Gasteiger partial charge in [0.1, 0.15) is 0 Å². The van der Waals surface area contributed by atoms with Crippen LogP contribution in [0.2, 0.25) is 5.02 Å². The van der Waals surface area contributed by atoms with Crippen LogP contribution in [-0.2, 0) is 4.79 Å². The van der Waals surface area contributed by atoms with Gasteiger partial charge in [0, 0.05) is 18.1 Å². The number of carbonyl (C=O) groups is 1. The maximum absolute atomic E-state index is 12.0. The number of benzene rings is 1. The molecule has 116 valence electrons. The first kappa shape index (κ1) is 16.3. The second kappa shape index (κ2) is 6.34. The number of amides is 1. The minimum absolute atomic E-state index is 0.0479. The highest BCUT2D eigenvalue weighted by Gasteiger charge is 2.43. The zero-order chi connectivity index (χ0) is 15.6. The number of rotatable bonds is 5. The monoisotopic (exact) mass is 310 g/mol. The molecule has 0 radical (unpaired) electrons. The minimum Gasteiger partial charge on any atom is -0.387 e. The van der Waals surface area contributed by atoms with Crippen molar-refractivity contribution < 1.29 is 9.90 Å². The van der Waals surface area contributed by atoms with E-state index in [1.807, 2.05) is 49.9 Å². The number of carbonyl (C=O) groups excluding carboxylic acids is 1. The summed E-state index contributed by atoms with van der Waals surface area (Å²) in [5.41, 5.74) is 0.268. The molecule has 2 rings (SSSR count). The van der Waals surface area contributed by atoms with Crippen molar-refractivity contribution in [3.63, 3.8) is 0 Å². The normalized spacial score (nSPS) is 19.1. The second-order valence-electron chi connectivity index (χ2n) is 6.21. The van der Waals surface area contributed by atoms with Crippen LogP contribution in [0.25, 0.3) is 0 Å². The third kappa shape index (κ3) is 3.76. The highest BCUT2D eigenvalue weighted by Crippen LogP contribution is 2.28. The van der Waals surface area contributed by atoms with Gasteiger partial charge in [-0.1, -0.05) is 43.6 Å². The molecule has 0 saturated carbocycles. The fourth-order valence-electron chi connectivity index (χ4n) is 2.60. The molecule has 4 nitrogen and oxygen atoms in total. The number of hydrogen-bond donors (Lipinski definition) is 2. The van der Waals surface area contributed by atoms with Crippen LogP contribution in [0.5, 0.6) is 0 Å². The summed E-state index contributed by atoms with van der Waals surface area (Å²) in [6, 6.07) is 7.37. The Hall–Kier alpha value is -1.10. The van der Waals surface area contributed by atoms with Crippen molar-refractivity contribution in [2.75, 3.05) is 19.6 Å². The summed E-state index contributed by atoms with van der Waals surface area (Å²) in [6.07, 6.45) is 0. The number of nitrogens with one attached hydrogen (secondary N) is 1. The minimum atomic E-state index is -0.644. The molecular weight excluding hydrogens is 288 g/mol. The summed E-state index contributed by atoms with van der Waals surface area (Å²) < 4.78 is 0. The molecule has 1 aliphatic heterocycles. The van der Waals surface area contributed by atoms with E-state index in [2.05, 4.69) is 5.32 Å². The van der Waals surface area contributed by atoms with Crippen LogP contribution in [0.3, 0.4) is 0 Å². The predicted octanol–water partition coefficient (Wildman–Crippen LogP) is 2.22. The van der Waals surface area contributed by atoms with Gasteiger partial charge in [0.2, 0.25) is 5.91 Å². The Bertz CT molecular complexity index is 513. The van der Waals surface area contributed by atoms with Crippen LogP contribution in [0.15, 0.2) is 24.3 Å². The van der Waals surface area contributed by atoms with Crippen molar-refractivity contribution in [2.45, 2.75) is 32.4 Å². The lowest BCUT2D eigenvalue weighted by Gasteiger charge is -2.48. The van der Waals surface area contributed by atoms with Crippen LogP contribution in [0, 0.1) is 5.92 Å². The Kier molecular flexibility index (Phi) is 4.91. The number of halogens is 1. The predicted molar refractivity (Wildman–Crippen MR) is 84.2 cm³/mol. The van der Waals surface area contributed by atoms with E-state index in [9.17, 15) is 9.90 Å². The smallest absolute Gasteiger partial charge is 0.234 e.